The van der Waals surface area contributed by atoms with Gasteiger partial charge in [0, 0.05) is 0 Å². The van der Waals surface area contributed by atoms with Gasteiger partial charge in [-0.15, -0.1) is 0 Å². The molecule has 0 bridgehead atoms. The van der Waals surface area contributed by atoms with Crippen LogP contribution in [-0.4, -0.2) is 25.3 Å². The van der Waals surface area contributed by atoms with Crippen LogP contribution in [0.25, 0.3) is 0 Å². The first kappa shape index (κ1) is 29.6. The molecule has 2 fully saturated rings. The number of benzene rings is 2. The fraction of sp³-hybridized carbons (Fsp3) is 0.657. The van der Waals surface area contributed by atoms with Crippen molar-refractivity contribution in [2.75, 3.05) is 0 Å². The Morgan fingerprint density at radius 3 is 1.95 bits per heavy atom. The molecule has 210 valence electrons. The van der Waals surface area contributed by atoms with Crippen LogP contribution in [-0.2, 0) is 4.74 Å². The van der Waals surface area contributed by atoms with Gasteiger partial charge in [0.25, 0.3) is 8.32 Å². The number of hydrogen-bond acceptors (Lipinski definition) is 2. The highest BCUT2D eigenvalue weighted by Gasteiger charge is 2.63. The normalized spacial score (nSPS) is 30.0. The van der Waals surface area contributed by atoms with E-state index in [-0.39, 0.29) is 5.04 Å². The molecule has 2 aromatic carbocycles. The molecule has 6 atom stereocenters. The van der Waals surface area contributed by atoms with Crippen LogP contribution in [0.1, 0.15) is 94.4 Å². The van der Waals surface area contributed by atoms with E-state index in [2.05, 4.69) is 111 Å². The van der Waals surface area contributed by atoms with Gasteiger partial charge in [0.05, 0.1) is 12.2 Å². The summed E-state index contributed by atoms with van der Waals surface area (Å²) >= 11 is 0. The van der Waals surface area contributed by atoms with Crippen LogP contribution in [0.15, 0.2) is 60.7 Å². The Morgan fingerprint density at radius 2 is 1.45 bits per heavy atom. The minimum Gasteiger partial charge on any atom is -0.424 e. The van der Waals surface area contributed by atoms with Crippen molar-refractivity contribution in [3.8, 4) is 0 Å². The van der Waals surface area contributed by atoms with Crippen molar-refractivity contribution in [1.82, 2.24) is 0 Å². The Labute approximate surface area is 234 Å². The average Bonchev–Trinajstić information content (AvgIpc) is 3.30. The summed E-state index contributed by atoms with van der Waals surface area (Å²) in [6, 6.07) is 20.9. The molecule has 1 heterocycles. The largest absolute Gasteiger partial charge is 0.424 e. The molecule has 2 nitrogen and oxygen atoms in total. The summed E-state index contributed by atoms with van der Waals surface area (Å²) in [7, 11) is -2.94. The smallest absolute Gasteiger partial charge is 0.258 e. The summed E-state index contributed by atoms with van der Waals surface area (Å²) in [4.78, 5) is 12.5. The molecule has 0 unspecified atom stereocenters. The Kier molecular flexibility index (Phi) is 8.45. The molecule has 1 saturated carbocycles. The third-order valence-electron chi connectivity index (χ3n) is 11.5. The molecular formula is C35H54O2Si. The van der Waals surface area contributed by atoms with Gasteiger partial charge in [0.15, 0.2) is 0 Å². The highest BCUT2D eigenvalue weighted by molar-refractivity contribution is 6.98. The zero-order valence-electron chi connectivity index (χ0n) is 25.6. The lowest BCUT2D eigenvalue weighted by molar-refractivity contribution is -0.00293. The quantitative estimate of drug-likeness (QED) is 0.315. The van der Waals surface area contributed by atoms with E-state index in [9.17, 15) is 4.80 Å². The summed E-state index contributed by atoms with van der Waals surface area (Å²) in [6.07, 6.45) is 6.50. The lowest BCUT2D eigenvalue weighted by atomic mass is 9.57. The summed E-state index contributed by atoms with van der Waals surface area (Å²) < 4.78 is 6.81. The Hall–Kier alpha value is -1.42. The van der Waals surface area contributed by atoms with Crippen LogP contribution in [0, 0.1) is 34.5 Å². The summed E-state index contributed by atoms with van der Waals surface area (Å²) in [5.41, 5.74) is 0.651. The van der Waals surface area contributed by atoms with E-state index in [4.69, 9.17) is 4.74 Å². The van der Waals surface area contributed by atoms with E-state index in [1.54, 1.807) is 0 Å². The second-order valence-corrected chi connectivity index (χ2v) is 18.6. The molecule has 4 rings (SSSR count). The predicted octanol–water partition coefficient (Wildman–Crippen LogP) is 7.83. The predicted molar refractivity (Wildman–Crippen MR) is 164 cm³/mol. The molecule has 0 aromatic heterocycles. The van der Waals surface area contributed by atoms with Gasteiger partial charge >= 0.3 is 0 Å². The molecule has 1 aliphatic carbocycles. The van der Waals surface area contributed by atoms with Crippen molar-refractivity contribution in [3.05, 3.63) is 60.7 Å². The van der Waals surface area contributed by atoms with Gasteiger partial charge in [-0.05, 0) is 75.6 Å². The summed E-state index contributed by atoms with van der Waals surface area (Å²) in [5, 5.41) is 2.04. The Morgan fingerprint density at radius 1 is 0.921 bits per heavy atom. The molecule has 3 heteroatoms. The highest BCUT2D eigenvalue weighted by Crippen LogP contribution is 2.65. The van der Waals surface area contributed by atoms with Crippen LogP contribution in [0.3, 0.4) is 0 Å². The monoisotopic (exact) mass is 534 g/mol. The maximum absolute atomic E-state index is 12.5. The molecule has 1 aliphatic heterocycles. The zero-order chi connectivity index (χ0) is 27.9. The molecule has 0 amide bonds. The van der Waals surface area contributed by atoms with Crippen molar-refractivity contribution >= 4 is 18.7 Å². The number of ether oxygens (including phenoxy) is 1. The molecular weight excluding hydrogens is 480 g/mol. The number of hydrogen-bond donors (Lipinski definition) is 1. The maximum Gasteiger partial charge on any atom is 0.258 e. The lowest BCUT2D eigenvalue weighted by Crippen LogP contribution is -2.65. The maximum atomic E-state index is 12.5. The van der Waals surface area contributed by atoms with Crippen molar-refractivity contribution in [2.24, 2.45) is 34.5 Å². The topological polar surface area (TPSA) is 29.5 Å². The SMILES string of the molecule is CC(C)[C@]1(C)[C@H]2[C@H](C)[C@@H](CC[C@@H](C)CCC(C)(C)[Si](O)(c3ccccc3)c3ccccc3)O[C@H]2CC1(C)C. The van der Waals surface area contributed by atoms with Gasteiger partial charge in [0.1, 0.15) is 0 Å². The van der Waals surface area contributed by atoms with E-state index < -0.39 is 8.32 Å². The van der Waals surface area contributed by atoms with Crippen molar-refractivity contribution in [3.63, 3.8) is 0 Å². The average molecular weight is 535 g/mol. The Balaban J connectivity index is 1.40. The standard InChI is InChI=1S/C35H54O2Si/c1-25(2)35(9)32-27(4)30(37-31(32)24-33(35,5)6)21-20-26(3)22-23-34(7,8)38(36,28-16-12-10-13-17-28)29-18-14-11-15-19-29/h10-19,25-27,30-32,36H,20-24H2,1-9H3/t26-,27-,30-,31+,32+,35-/m1/s1. The number of rotatable bonds is 10. The van der Waals surface area contributed by atoms with E-state index in [1.165, 1.54) is 12.8 Å². The minimum atomic E-state index is -2.94. The molecule has 1 N–H and O–H groups in total. The van der Waals surface area contributed by atoms with Gasteiger partial charge in [-0.1, -0.05) is 129 Å². The van der Waals surface area contributed by atoms with Gasteiger partial charge in [-0.2, -0.15) is 0 Å². The van der Waals surface area contributed by atoms with Crippen molar-refractivity contribution < 1.29 is 9.53 Å². The molecule has 2 aromatic rings. The molecule has 38 heavy (non-hydrogen) atoms. The third kappa shape index (κ3) is 4.97. The molecule has 2 aliphatic rings. The molecule has 0 spiro atoms. The van der Waals surface area contributed by atoms with Crippen LogP contribution in [0.4, 0.5) is 0 Å². The third-order valence-corrected chi connectivity index (χ3v) is 16.1. The Bertz CT molecular complexity index is 1010. The van der Waals surface area contributed by atoms with Gasteiger partial charge in [-0.25, -0.2) is 0 Å². The first-order valence-electron chi connectivity index (χ1n) is 15.2. The first-order chi connectivity index (χ1) is 17.8. The van der Waals surface area contributed by atoms with E-state index >= 15 is 0 Å². The zero-order valence-corrected chi connectivity index (χ0v) is 26.6. The van der Waals surface area contributed by atoms with Crippen molar-refractivity contribution in [1.29, 1.82) is 0 Å². The minimum absolute atomic E-state index is 0.178. The highest BCUT2D eigenvalue weighted by atomic mass is 28.4. The summed E-state index contributed by atoms with van der Waals surface area (Å²) in [6.45, 7) is 21.8. The van der Waals surface area contributed by atoms with Gasteiger partial charge < -0.3 is 9.53 Å². The second kappa shape index (κ2) is 10.9. The lowest BCUT2D eigenvalue weighted by Gasteiger charge is -2.47. The van der Waals surface area contributed by atoms with Crippen molar-refractivity contribution in [2.45, 2.75) is 112 Å². The van der Waals surface area contributed by atoms with Crippen LogP contribution in [0.5, 0.6) is 0 Å². The number of fused-ring (bicyclic) bond motifs is 1. The fourth-order valence-electron chi connectivity index (χ4n) is 8.47. The van der Waals surface area contributed by atoms with Crippen LogP contribution < -0.4 is 10.4 Å². The second-order valence-electron chi connectivity index (χ2n) is 14.7. The molecule has 1 saturated heterocycles. The summed E-state index contributed by atoms with van der Waals surface area (Å²) in [5.74, 6) is 2.56. The van der Waals surface area contributed by atoms with E-state index in [0.717, 1.165) is 29.6 Å². The fourth-order valence-corrected chi connectivity index (χ4v) is 12.2. The van der Waals surface area contributed by atoms with Crippen LogP contribution >= 0.6 is 0 Å². The van der Waals surface area contributed by atoms with Gasteiger partial charge in [0.2, 0.25) is 0 Å². The van der Waals surface area contributed by atoms with Gasteiger partial charge in [-0.3, -0.25) is 0 Å². The van der Waals surface area contributed by atoms with E-state index in [0.29, 0.717) is 46.7 Å². The first-order valence-corrected chi connectivity index (χ1v) is 17.2. The van der Waals surface area contributed by atoms with Crippen LogP contribution in [0.2, 0.25) is 5.04 Å². The van der Waals surface area contributed by atoms with E-state index in [1.807, 2.05) is 12.1 Å². The molecule has 0 radical (unpaired) electrons.